The average molecular weight is 362 g/mol. The normalized spacial score (nSPS) is 30.4. The van der Waals surface area contributed by atoms with Crippen molar-refractivity contribution >= 4 is 11.7 Å². The molecule has 1 aromatic heterocycles. The summed E-state index contributed by atoms with van der Waals surface area (Å²) in [7, 11) is 0. The Hall–Kier alpha value is -2.69. The third kappa shape index (κ3) is 2.73. The number of para-hydroxylation sites is 1. The lowest BCUT2D eigenvalue weighted by Crippen LogP contribution is -2.44. The van der Waals surface area contributed by atoms with Crippen LogP contribution < -0.4 is 10.1 Å². The fourth-order valence-electron chi connectivity index (χ4n) is 5.10. The number of benzene rings is 1. The molecule has 1 amide bonds. The maximum atomic E-state index is 12.7. The van der Waals surface area contributed by atoms with Crippen LogP contribution in [-0.4, -0.2) is 28.8 Å². The van der Waals surface area contributed by atoms with E-state index in [0.29, 0.717) is 30.2 Å². The molecule has 27 heavy (non-hydrogen) atoms. The maximum absolute atomic E-state index is 12.7. The van der Waals surface area contributed by atoms with E-state index in [0.717, 1.165) is 25.0 Å². The van der Waals surface area contributed by atoms with Crippen molar-refractivity contribution in [3.63, 3.8) is 0 Å². The van der Waals surface area contributed by atoms with Gasteiger partial charge in [-0.1, -0.05) is 18.2 Å². The number of fused-ring (bicyclic) bond motifs is 3. The van der Waals surface area contributed by atoms with Crippen molar-refractivity contribution < 1.29 is 14.3 Å². The summed E-state index contributed by atoms with van der Waals surface area (Å²) in [6.45, 7) is 0.585. The Morgan fingerprint density at radius 3 is 2.93 bits per heavy atom. The largest absolute Gasteiger partial charge is 0.486 e. The smallest absolute Gasteiger partial charge is 0.223 e. The van der Waals surface area contributed by atoms with Crippen LogP contribution in [0.2, 0.25) is 0 Å². The molecule has 1 N–H and O–H groups in total. The number of hydrogen-bond donors (Lipinski definition) is 1. The molecular weight excluding hydrogens is 340 g/mol. The van der Waals surface area contributed by atoms with Crippen LogP contribution >= 0.6 is 0 Å². The third-order valence-corrected chi connectivity index (χ3v) is 6.35. The summed E-state index contributed by atoms with van der Waals surface area (Å²) in [5.41, 5.74) is 1.16. The molecule has 4 atom stereocenters. The molecule has 5 nitrogen and oxygen atoms in total. The van der Waals surface area contributed by atoms with Gasteiger partial charge in [0.25, 0.3) is 0 Å². The first-order valence-electron chi connectivity index (χ1n) is 9.67. The van der Waals surface area contributed by atoms with Crippen molar-refractivity contribution in [1.82, 2.24) is 10.3 Å². The monoisotopic (exact) mass is 362 g/mol. The van der Waals surface area contributed by atoms with E-state index in [-0.39, 0.29) is 23.5 Å². The van der Waals surface area contributed by atoms with Crippen molar-refractivity contribution in [3.8, 4) is 5.75 Å². The second-order valence-corrected chi connectivity index (χ2v) is 7.88. The van der Waals surface area contributed by atoms with E-state index in [2.05, 4.69) is 10.3 Å². The predicted molar refractivity (Wildman–Crippen MR) is 99.4 cm³/mol. The number of nitrogens with one attached hydrogen (secondary N) is 1. The van der Waals surface area contributed by atoms with Crippen molar-refractivity contribution in [2.24, 2.45) is 17.8 Å². The molecule has 5 heteroatoms. The van der Waals surface area contributed by atoms with Gasteiger partial charge in [0.05, 0.1) is 12.0 Å². The molecule has 2 aliphatic carbocycles. The number of ether oxygens (including phenoxy) is 1. The van der Waals surface area contributed by atoms with Crippen LogP contribution in [0.3, 0.4) is 0 Å². The van der Waals surface area contributed by atoms with Crippen LogP contribution in [0.5, 0.6) is 5.75 Å². The molecule has 0 radical (unpaired) electrons. The van der Waals surface area contributed by atoms with Gasteiger partial charge in [-0.15, -0.1) is 0 Å². The summed E-state index contributed by atoms with van der Waals surface area (Å²) in [6.07, 6.45) is 4.70. The highest BCUT2D eigenvalue weighted by Gasteiger charge is 2.70. The molecule has 2 aromatic rings. The molecule has 0 bridgehead atoms. The molecule has 2 heterocycles. The quantitative estimate of drug-likeness (QED) is 0.908. The summed E-state index contributed by atoms with van der Waals surface area (Å²) >= 11 is 0. The topological polar surface area (TPSA) is 68.3 Å². The zero-order valence-corrected chi connectivity index (χ0v) is 15.1. The molecule has 1 spiro atoms. The highest BCUT2D eigenvalue weighted by Crippen LogP contribution is 2.65. The van der Waals surface area contributed by atoms with Gasteiger partial charge in [0.2, 0.25) is 5.91 Å². The second-order valence-electron chi connectivity index (χ2n) is 7.88. The van der Waals surface area contributed by atoms with Crippen molar-refractivity contribution in [1.29, 1.82) is 0 Å². The van der Waals surface area contributed by atoms with Gasteiger partial charge >= 0.3 is 0 Å². The molecule has 1 aromatic carbocycles. The number of ketones is 1. The Labute approximate surface area is 158 Å². The van der Waals surface area contributed by atoms with Crippen LogP contribution in [0.4, 0.5) is 0 Å². The molecule has 5 rings (SSSR count). The van der Waals surface area contributed by atoms with Crippen molar-refractivity contribution in [3.05, 3.63) is 59.9 Å². The maximum Gasteiger partial charge on any atom is 0.223 e. The minimum absolute atomic E-state index is 0.0273. The third-order valence-electron chi connectivity index (χ3n) is 6.35. The minimum Gasteiger partial charge on any atom is -0.486 e. The molecule has 0 saturated heterocycles. The van der Waals surface area contributed by atoms with Crippen LogP contribution in [0.1, 0.15) is 35.3 Å². The minimum atomic E-state index is -0.487. The molecule has 2 saturated carbocycles. The Kier molecular flexibility index (Phi) is 3.78. The summed E-state index contributed by atoms with van der Waals surface area (Å²) < 4.78 is 6.35. The summed E-state index contributed by atoms with van der Waals surface area (Å²) in [5, 5.41) is 3.05. The molecule has 1 aliphatic heterocycles. The number of hydrogen-bond acceptors (Lipinski definition) is 4. The average Bonchev–Trinajstić information content (AvgIpc) is 3.34. The highest BCUT2D eigenvalue weighted by molar-refractivity contribution is 6.00. The number of rotatable bonds is 4. The SMILES string of the molecule is O=C1CC2(CCC3C(C(=O)NCCc4ccccn4)C32)Oc2ccccc21. The van der Waals surface area contributed by atoms with Crippen LogP contribution in [-0.2, 0) is 11.2 Å². The Balaban J connectivity index is 1.25. The fourth-order valence-corrected chi connectivity index (χ4v) is 5.10. The summed E-state index contributed by atoms with van der Waals surface area (Å²) in [4.78, 5) is 29.6. The predicted octanol–water partition coefficient (Wildman–Crippen LogP) is 2.80. The van der Waals surface area contributed by atoms with Crippen LogP contribution in [0.25, 0.3) is 0 Å². The second kappa shape index (κ2) is 6.19. The van der Waals surface area contributed by atoms with Crippen LogP contribution in [0, 0.1) is 17.8 Å². The van der Waals surface area contributed by atoms with Gasteiger partial charge in [-0.05, 0) is 43.0 Å². The lowest BCUT2D eigenvalue weighted by molar-refractivity contribution is -0.124. The first-order chi connectivity index (χ1) is 13.2. The van der Waals surface area contributed by atoms with Gasteiger partial charge in [-0.2, -0.15) is 0 Å². The lowest BCUT2D eigenvalue weighted by Gasteiger charge is -2.37. The molecule has 2 fully saturated rings. The summed E-state index contributed by atoms with van der Waals surface area (Å²) in [5.74, 6) is 1.38. The fraction of sp³-hybridized carbons (Fsp3) is 0.409. The van der Waals surface area contributed by atoms with Gasteiger partial charge in [0.15, 0.2) is 5.78 Å². The zero-order chi connectivity index (χ0) is 18.4. The number of carbonyl (C=O) groups is 2. The molecule has 138 valence electrons. The molecule has 4 unspecified atom stereocenters. The number of pyridine rings is 1. The number of aromatic nitrogens is 1. The number of carbonyl (C=O) groups excluding carboxylic acids is 2. The van der Waals surface area contributed by atoms with E-state index < -0.39 is 5.60 Å². The van der Waals surface area contributed by atoms with Crippen LogP contribution in [0.15, 0.2) is 48.7 Å². The zero-order valence-electron chi connectivity index (χ0n) is 15.1. The first kappa shape index (κ1) is 16.5. The Morgan fingerprint density at radius 2 is 2.07 bits per heavy atom. The van der Waals surface area contributed by atoms with Gasteiger partial charge in [-0.3, -0.25) is 14.6 Å². The Bertz CT molecular complexity index is 897. The van der Waals surface area contributed by atoms with E-state index in [4.69, 9.17) is 4.74 Å². The van der Waals surface area contributed by atoms with Gasteiger partial charge in [0, 0.05) is 36.7 Å². The highest BCUT2D eigenvalue weighted by atomic mass is 16.5. The van der Waals surface area contributed by atoms with Crippen molar-refractivity contribution in [2.75, 3.05) is 6.54 Å². The number of nitrogens with zero attached hydrogens (tertiary/aromatic N) is 1. The van der Waals surface area contributed by atoms with E-state index >= 15 is 0 Å². The number of Topliss-reactive ketones (excluding diaryl/α,β-unsaturated/α-hetero) is 1. The van der Waals surface area contributed by atoms with E-state index in [1.807, 2.05) is 42.5 Å². The van der Waals surface area contributed by atoms with E-state index in [1.165, 1.54) is 0 Å². The summed E-state index contributed by atoms with van der Waals surface area (Å²) in [6, 6.07) is 13.3. The molecule has 3 aliphatic rings. The van der Waals surface area contributed by atoms with E-state index in [9.17, 15) is 9.59 Å². The lowest BCUT2D eigenvalue weighted by atomic mass is 9.84. The molecular formula is C22H22N2O3. The first-order valence-corrected chi connectivity index (χ1v) is 9.67. The van der Waals surface area contributed by atoms with Gasteiger partial charge in [0.1, 0.15) is 11.4 Å². The number of amides is 1. The van der Waals surface area contributed by atoms with Crippen molar-refractivity contribution in [2.45, 2.75) is 31.3 Å². The van der Waals surface area contributed by atoms with E-state index in [1.54, 1.807) is 6.20 Å². The van der Waals surface area contributed by atoms with Gasteiger partial charge in [-0.25, -0.2) is 0 Å². The Morgan fingerprint density at radius 1 is 1.22 bits per heavy atom. The standard InChI is InChI=1S/C22H22N2O3/c25-17-13-22(27-18-7-2-1-6-15(17)18)10-8-16-19(20(16)22)21(26)24-12-9-14-5-3-4-11-23-14/h1-7,11,16,19-20H,8-10,12-13H2,(H,24,26). The van der Waals surface area contributed by atoms with Gasteiger partial charge < -0.3 is 10.1 Å².